The number of rotatable bonds is 8. The van der Waals surface area contributed by atoms with Gasteiger partial charge >= 0.3 is 0 Å². The first-order valence-electron chi connectivity index (χ1n) is 10.1. The summed E-state index contributed by atoms with van der Waals surface area (Å²) >= 11 is 0. The van der Waals surface area contributed by atoms with Gasteiger partial charge in [-0.25, -0.2) is 0 Å². The van der Waals surface area contributed by atoms with Crippen LogP contribution in [0.4, 0.5) is 11.4 Å². The fraction of sp³-hybridized carbons (Fsp3) is 0.115. The van der Waals surface area contributed by atoms with E-state index in [1.165, 1.54) is 6.08 Å². The van der Waals surface area contributed by atoms with Gasteiger partial charge in [0.05, 0.1) is 7.11 Å². The molecule has 0 aliphatic carbocycles. The number of benzene rings is 3. The Morgan fingerprint density at radius 2 is 1.70 bits per heavy atom. The lowest BCUT2D eigenvalue weighted by Gasteiger charge is -2.09. The highest BCUT2D eigenvalue weighted by Gasteiger charge is 2.10. The van der Waals surface area contributed by atoms with Crippen LogP contribution in [0.1, 0.15) is 11.1 Å². The number of nitrogens with zero attached hydrogens (tertiary/aromatic N) is 1. The zero-order valence-corrected chi connectivity index (χ0v) is 18.3. The molecule has 33 heavy (non-hydrogen) atoms. The second kappa shape index (κ2) is 11.2. The Morgan fingerprint density at radius 1 is 0.939 bits per heavy atom. The van der Waals surface area contributed by atoms with Crippen molar-refractivity contribution in [1.82, 2.24) is 0 Å². The van der Waals surface area contributed by atoms with Gasteiger partial charge in [0, 0.05) is 11.4 Å². The summed E-state index contributed by atoms with van der Waals surface area (Å²) < 4.78 is 10.6. The molecule has 0 radical (unpaired) electrons. The van der Waals surface area contributed by atoms with Crippen LogP contribution < -0.4 is 20.1 Å². The molecule has 0 bridgehead atoms. The summed E-state index contributed by atoms with van der Waals surface area (Å²) in [5.74, 6) is 0.299. The number of hydrogen-bond donors (Lipinski definition) is 2. The van der Waals surface area contributed by atoms with Crippen molar-refractivity contribution in [3.05, 3.63) is 89.5 Å². The molecule has 0 spiro atoms. The standard InChI is InChI=1S/C26H23N3O4/c1-18-5-3-7-22(13-18)29-26(31)20(16-27)14-19-6-4-8-24(15-19)33-17-25(30)28-21-9-11-23(32-2)12-10-21/h3-15H,17H2,1-2H3,(H,28,30)(H,29,31)/b20-14+. The van der Waals surface area contributed by atoms with E-state index in [0.29, 0.717) is 28.4 Å². The number of amides is 2. The highest BCUT2D eigenvalue weighted by molar-refractivity contribution is 6.09. The Morgan fingerprint density at radius 3 is 2.39 bits per heavy atom. The molecule has 7 nitrogen and oxygen atoms in total. The number of hydrogen-bond acceptors (Lipinski definition) is 5. The van der Waals surface area contributed by atoms with Crippen molar-refractivity contribution >= 4 is 29.3 Å². The average molecular weight is 441 g/mol. The molecular weight excluding hydrogens is 418 g/mol. The van der Waals surface area contributed by atoms with Crippen LogP contribution in [0.15, 0.2) is 78.4 Å². The monoisotopic (exact) mass is 441 g/mol. The first-order chi connectivity index (χ1) is 16.0. The van der Waals surface area contributed by atoms with Crippen molar-refractivity contribution in [2.75, 3.05) is 24.4 Å². The molecule has 0 aliphatic heterocycles. The minimum Gasteiger partial charge on any atom is -0.497 e. The molecule has 0 saturated heterocycles. The zero-order valence-electron chi connectivity index (χ0n) is 18.3. The van der Waals surface area contributed by atoms with Gasteiger partial charge in [0.2, 0.25) is 0 Å². The van der Waals surface area contributed by atoms with Crippen molar-refractivity contribution in [3.8, 4) is 17.6 Å². The number of ether oxygens (including phenoxy) is 2. The minimum atomic E-state index is -0.506. The van der Waals surface area contributed by atoms with Crippen LogP contribution in [0, 0.1) is 18.3 Å². The Hall–Kier alpha value is -4.57. The van der Waals surface area contributed by atoms with Gasteiger partial charge in [-0.1, -0.05) is 24.3 Å². The zero-order chi connectivity index (χ0) is 23.6. The number of carbonyl (C=O) groups is 2. The average Bonchev–Trinajstić information content (AvgIpc) is 2.82. The molecule has 7 heteroatoms. The summed E-state index contributed by atoms with van der Waals surface area (Å²) in [6.45, 7) is 1.72. The molecule has 3 aromatic rings. The van der Waals surface area contributed by atoms with E-state index in [1.54, 1.807) is 61.7 Å². The van der Waals surface area contributed by atoms with Crippen molar-refractivity contribution in [1.29, 1.82) is 5.26 Å². The van der Waals surface area contributed by atoms with Crippen molar-refractivity contribution in [3.63, 3.8) is 0 Å². The summed E-state index contributed by atoms with van der Waals surface area (Å²) in [5.41, 5.74) is 2.78. The first-order valence-corrected chi connectivity index (χ1v) is 10.1. The van der Waals surface area contributed by atoms with Gasteiger partial charge in [-0.15, -0.1) is 0 Å². The maximum absolute atomic E-state index is 12.5. The molecule has 0 atom stereocenters. The Kier molecular flexibility index (Phi) is 7.81. The quantitative estimate of drug-likeness (QED) is 0.394. The highest BCUT2D eigenvalue weighted by Crippen LogP contribution is 2.18. The number of carbonyl (C=O) groups excluding carboxylic acids is 2. The van der Waals surface area contributed by atoms with Crippen molar-refractivity contribution < 1.29 is 19.1 Å². The third kappa shape index (κ3) is 6.97. The first kappa shape index (κ1) is 23.1. The van der Waals surface area contributed by atoms with Crippen molar-refractivity contribution in [2.24, 2.45) is 0 Å². The van der Waals surface area contributed by atoms with Crippen LogP contribution >= 0.6 is 0 Å². The number of nitriles is 1. The van der Waals surface area contributed by atoms with Crippen LogP contribution in [0.3, 0.4) is 0 Å². The SMILES string of the molecule is COc1ccc(NC(=O)COc2cccc(/C=C(\C#N)C(=O)Nc3cccc(C)c3)c2)cc1. The van der Waals surface area contributed by atoms with Gasteiger partial charge in [0.15, 0.2) is 6.61 Å². The summed E-state index contributed by atoms with van der Waals surface area (Å²) in [7, 11) is 1.57. The number of anilines is 2. The second-order valence-electron chi connectivity index (χ2n) is 7.13. The summed E-state index contributed by atoms with van der Waals surface area (Å²) in [6, 6.07) is 23.0. The minimum absolute atomic E-state index is 0.0501. The van der Waals surface area contributed by atoms with E-state index in [0.717, 1.165) is 5.56 Å². The maximum atomic E-state index is 12.5. The Labute approximate surface area is 192 Å². The van der Waals surface area contributed by atoms with Gasteiger partial charge in [0.25, 0.3) is 11.8 Å². The lowest BCUT2D eigenvalue weighted by Crippen LogP contribution is -2.20. The van der Waals surface area contributed by atoms with Crippen LogP contribution in [0.2, 0.25) is 0 Å². The molecule has 2 N–H and O–H groups in total. The van der Waals surface area contributed by atoms with E-state index in [4.69, 9.17) is 9.47 Å². The van der Waals surface area contributed by atoms with Gasteiger partial charge in [0.1, 0.15) is 23.1 Å². The largest absolute Gasteiger partial charge is 0.497 e. The highest BCUT2D eigenvalue weighted by atomic mass is 16.5. The van der Waals surface area contributed by atoms with Gasteiger partial charge in [-0.05, 0) is 72.7 Å². The summed E-state index contributed by atoms with van der Waals surface area (Å²) in [4.78, 5) is 24.6. The fourth-order valence-electron chi connectivity index (χ4n) is 2.95. The second-order valence-corrected chi connectivity index (χ2v) is 7.13. The Balaban J connectivity index is 1.61. The van der Waals surface area contributed by atoms with E-state index in [9.17, 15) is 14.9 Å². The molecule has 166 valence electrons. The van der Waals surface area contributed by atoms with E-state index in [-0.39, 0.29) is 18.1 Å². The maximum Gasteiger partial charge on any atom is 0.266 e. The number of nitrogens with one attached hydrogen (secondary N) is 2. The van der Waals surface area contributed by atoms with Crippen LogP contribution in [-0.4, -0.2) is 25.5 Å². The molecule has 3 rings (SSSR count). The predicted molar refractivity (Wildman–Crippen MR) is 127 cm³/mol. The van der Waals surface area contributed by atoms with E-state index in [2.05, 4.69) is 10.6 Å². The van der Waals surface area contributed by atoms with Crippen LogP contribution in [-0.2, 0) is 9.59 Å². The molecule has 2 amide bonds. The fourth-order valence-corrected chi connectivity index (χ4v) is 2.95. The smallest absolute Gasteiger partial charge is 0.266 e. The molecule has 0 unspecified atom stereocenters. The molecule has 0 fully saturated rings. The van der Waals surface area contributed by atoms with E-state index < -0.39 is 5.91 Å². The van der Waals surface area contributed by atoms with E-state index in [1.807, 2.05) is 31.2 Å². The molecule has 0 aliphatic rings. The normalized spacial score (nSPS) is 10.6. The molecule has 0 heterocycles. The Bertz CT molecular complexity index is 1210. The van der Waals surface area contributed by atoms with Gasteiger partial charge in [-0.2, -0.15) is 5.26 Å². The lowest BCUT2D eigenvalue weighted by molar-refractivity contribution is -0.118. The third-order valence-corrected chi connectivity index (χ3v) is 4.55. The van der Waals surface area contributed by atoms with Gasteiger partial charge < -0.3 is 20.1 Å². The summed E-state index contributed by atoms with van der Waals surface area (Å²) in [6.07, 6.45) is 1.47. The predicted octanol–water partition coefficient (Wildman–Crippen LogP) is 4.57. The number of aryl methyl sites for hydroxylation is 1. The van der Waals surface area contributed by atoms with Crippen molar-refractivity contribution in [2.45, 2.75) is 6.92 Å². The van der Waals surface area contributed by atoms with Gasteiger partial charge in [-0.3, -0.25) is 9.59 Å². The topological polar surface area (TPSA) is 100 Å². The third-order valence-electron chi connectivity index (χ3n) is 4.55. The molecule has 0 aromatic heterocycles. The van der Waals surface area contributed by atoms with Crippen LogP contribution in [0.25, 0.3) is 6.08 Å². The molecule has 3 aromatic carbocycles. The number of methoxy groups -OCH3 is 1. The lowest BCUT2D eigenvalue weighted by atomic mass is 10.1. The van der Waals surface area contributed by atoms with E-state index >= 15 is 0 Å². The molecule has 0 saturated carbocycles. The van der Waals surface area contributed by atoms with Crippen LogP contribution in [0.5, 0.6) is 11.5 Å². The molecular formula is C26H23N3O4. The summed E-state index contributed by atoms with van der Waals surface area (Å²) in [5, 5.41) is 14.9.